The smallest absolute Gasteiger partial charge is 0.279 e. The third kappa shape index (κ3) is 5.56. The van der Waals surface area contributed by atoms with Gasteiger partial charge in [0, 0.05) is 12.2 Å². The van der Waals surface area contributed by atoms with Crippen LogP contribution in [0.5, 0.6) is 0 Å². The van der Waals surface area contributed by atoms with E-state index in [-0.39, 0.29) is 24.9 Å². The van der Waals surface area contributed by atoms with Gasteiger partial charge in [0.15, 0.2) is 13.1 Å². The topological polar surface area (TPSA) is 96.9 Å². The van der Waals surface area contributed by atoms with Gasteiger partial charge in [0.05, 0.1) is 7.05 Å². The lowest BCUT2D eigenvalue weighted by Crippen LogP contribution is -3.11. The Hall–Kier alpha value is -2.41. The van der Waals surface area contributed by atoms with Crippen LogP contribution in [0.4, 0.5) is 5.69 Å². The molecule has 1 aromatic rings. The average Bonchev–Trinajstić information content (AvgIpc) is 2.56. The van der Waals surface area contributed by atoms with E-state index in [0.29, 0.717) is 13.0 Å². The van der Waals surface area contributed by atoms with Gasteiger partial charge in [-0.2, -0.15) is 0 Å². The number of nitrogens with one attached hydrogen (secondary N) is 2. The van der Waals surface area contributed by atoms with Crippen LogP contribution in [-0.2, 0) is 14.4 Å². The van der Waals surface area contributed by atoms with E-state index in [0.717, 1.165) is 29.0 Å². The number of benzene rings is 1. The van der Waals surface area contributed by atoms with Crippen LogP contribution in [0.15, 0.2) is 24.3 Å². The normalized spacial score (nSPS) is 18.5. The van der Waals surface area contributed by atoms with Crippen molar-refractivity contribution in [3.63, 3.8) is 0 Å². The Morgan fingerprint density at radius 1 is 1.20 bits per heavy atom. The number of hydrogen-bond donors (Lipinski definition) is 3. The molecule has 1 aliphatic rings. The van der Waals surface area contributed by atoms with E-state index in [1.54, 1.807) is 11.9 Å². The van der Waals surface area contributed by atoms with Crippen LogP contribution in [0, 0.1) is 6.92 Å². The lowest BCUT2D eigenvalue weighted by molar-refractivity contribution is -0.862. The number of likely N-dealkylation sites (tertiary alicyclic amines) is 1. The fraction of sp³-hybridized carbons (Fsp3) is 0.500. The number of anilines is 1. The molecule has 1 saturated heterocycles. The molecule has 136 valence electrons. The molecule has 1 aliphatic heterocycles. The van der Waals surface area contributed by atoms with Gasteiger partial charge >= 0.3 is 0 Å². The number of amides is 3. The number of likely N-dealkylation sites (N-methyl/N-ethyl adjacent to an activating group) is 1. The molecule has 0 aromatic heterocycles. The number of piperidine rings is 1. The first-order chi connectivity index (χ1) is 11.9. The SMILES string of the molecule is Cc1ccc(NC(=O)C[NH+](C)CC(=O)N2CCCC[C@@H]2C(N)=O)cc1. The van der Waals surface area contributed by atoms with Crippen LogP contribution in [0.3, 0.4) is 0 Å². The van der Waals surface area contributed by atoms with Crippen LogP contribution >= 0.6 is 0 Å². The maximum Gasteiger partial charge on any atom is 0.279 e. The maximum atomic E-state index is 12.5. The standard InChI is InChI=1S/C18H26N4O3/c1-13-6-8-14(9-7-13)20-16(23)11-21(2)12-17(24)22-10-4-3-5-15(22)18(19)25/h6-9,15H,3-5,10-12H2,1-2H3,(H2,19,25)(H,20,23)/p+1/t15-/m1/s1. The summed E-state index contributed by atoms with van der Waals surface area (Å²) < 4.78 is 0. The van der Waals surface area contributed by atoms with Gasteiger partial charge in [-0.1, -0.05) is 17.7 Å². The zero-order chi connectivity index (χ0) is 18.4. The van der Waals surface area contributed by atoms with Crippen molar-refractivity contribution in [2.75, 3.05) is 32.0 Å². The molecule has 0 bridgehead atoms. The summed E-state index contributed by atoms with van der Waals surface area (Å²) in [6.45, 7) is 2.87. The Morgan fingerprint density at radius 2 is 1.88 bits per heavy atom. The fourth-order valence-corrected chi connectivity index (χ4v) is 3.06. The summed E-state index contributed by atoms with van der Waals surface area (Å²) >= 11 is 0. The zero-order valence-corrected chi connectivity index (χ0v) is 14.9. The third-order valence-corrected chi connectivity index (χ3v) is 4.40. The van der Waals surface area contributed by atoms with Crippen LogP contribution in [0.2, 0.25) is 0 Å². The molecular weight excluding hydrogens is 320 g/mol. The highest BCUT2D eigenvalue weighted by atomic mass is 16.2. The maximum absolute atomic E-state index is 12.5. The van der Waals surface area contributed by atoms with Crippen molar-refractivity contribution in [3.8, 4) is 0 Å². The van der Waals surface area contributed by atoms with E-state index in [2.05, 4.69) is 5.32 Å². The minimum absolute atomic E-state index is 0.135. The Balaban J connectivity index is 1.84. The number of aryl methyl sites for hydroxylation is 1. The van der Waals surface area contributed by atoms with Crippen molar-refractivity contribution in [2.45, 2.75) is 32.2 Å². The Morgan fingerprint density at radius 3 is 2.52 bits per heavy atom. The summed E-state index contributed by atoms with van der Waals surface area (Å²) in [5.41, 5.74) is 7.26. The molecule has 7 nitrogen and oxygen atoms in total. The van der Waals surface area contributed by atoms with E-state index >= 15 is 0 Å². The van der Waals surface area contributed by atoms with Gasteiger partial charge in [-0.3, -0.25) is 14.4 Å². The highest BCUT2D eigenvalue weighted by Gasteiger charge is 2.32. The predicted molar refractivity (Wildman–Crippen MR) is 95.0 cm³/mol. The number of nitrogens with two attached hydrogens (primary N) is 1. The first kappa shape index (κ1) is 18.9. The molecule has 0 aliphatic carbocycles. The molecule has 1 heterocycles. The lowest BCUT2D eigenvalue weighted by Gasteiger charge is -2.33. The molecule has 2 atom stereocenters. The van der Waals surface area contributed by atoms with E-state index < -0.39 is 11.9 Å². The summed E-state index contributed by atoms with van der Waals surface area (Å²) in [7, 11) is 1.79. The summed E-state index contributed by atoms with van der Waals surface area (Å²) in [4.78, 5) is 38.4. The molecule has 0 spiro atoms. The minimum Gasteiger partial charge on any atom is -0.368 e. The molecule has 25 heavy (non-hydrogen) atoms. The monoisotopic (exact) mass is 347 g/mol. The Bertz CT molecular complexity index is 630. The summed E-state index contributed by atoms with van der Waals surface area (Å²) in [5.74, 6) is -0.744. The van der Waals surface area contributed by atoms with Crippen molar-refractivity contribution in [3.05, 3.63) is 29.8 Å². The van der Waals surface area contributed by atoms with Crippen LogP contribution in [-0.4, -0.2) is 55.3 Å². The summed E-state index contributed by atoms with van der Waals surface area (Å²) in [5, 5.41) is 2.82. The second kappa shape index (κ2) is 8.62. The van der Waals surface area contributed by atoms with Gasteiger partial charge in [-0.25, -0.2) is 0 Å². The van der Waals surface area contributed by atoms with E-state index in [9.17, 15) is 14.4 Å². The van der Waals surface area contributed by atoms with Gasteiger partial charge in [0.1, 0.15) is 6.04 Å². The second-order valence-electron chi connectivity index (χ2n) is 6.73. The van der Waals surface area contributed by atoms with Gasteiger partial charge < -0.3 is 20.9 Å². The summed E-state index contributed by atoms with van der Waals surface area (Å²) in [6.07, 6.45) is 2.40. The Kier molecular flexibility index (Phi) is 6.52. The molecule has 7 heteroatoms. The fourth-order valence-electron chi connectivity index (χ4n) is 3.06. The predicted octanol–water partition coefficient (Wildman–Crippen LogP) is -0.685. The molecule has 1 fully saturated rings. The van der Waals surface area contributed by atoms with Gasteiger partial charge in [0.2, 0.25) is 5.91 Å². The first-order valence-corrected chi connectivity index (χ1v) is 8.63. The molecular formula is C18H27N4O3+. The molecule has 0 radical (unpaired) electrons. The minimum atomic E-state index is -0.518. The molecule has 2 rings (SSSR count). The molecule has 1 unspecified atom stereocenters. The van der Waals surface area contributed by atoms with E-state index in [1.807, 2.05) is 31.2 Å². The largest absolute Gasteiger partial charge is 0.368 e. The number of rotatable bonds is 6. The van der Waals surface area contributed by atoms with Crippen LogP contribution < -0.4 is 16.0 Å². The number of hydrogen-bond acceptors (Lipinski definition) is 3. The Labute approximate surface area is 148 Å². The molecule has 0 saturated carbocycles. The summed E-state index contributed by atoms with van der Waals surface area (Å²) in [6, 6.07) is 7.03. The van der Waals surface area contributed by atoms with Gasteiger partial charge in [-0.15, -0.1) is 0 Å². The number of carbonyl (C=O) groups is 3. The molecule has 1 aromatic carbocycles. The molecule has 4 N–H and O–H groups in total. The lowest BCUT2D eigenvalue weighted by atomic mass is 10.0. The zero-order valence-electron chi connectivity index (χ0n) is 14.9. The van der Waals surface area contributed by atoms with Gasteiger partial charge in [-0.05, 0) is 38.3 Å². The second-order valence-corrected chi connectivity index (χ2v) is 6.73. The number of quaternary nitrogens is 1. The van der Waals surface area contributed by atoms with Crippen molar-refractivity contribution in [2.24, 2.45) is 5.73 Å². The van der Waals surface area contributed by atoms with Crippen LogP contribution in [0.25, 0.3) is 0 Å². The van der Waals surface area contributed by atoms with Crippen molar-refractivity contribution in [1.82, 2.24) is 4.90 Å². The molecule has 3 amide bonds. The average molecular weight is 347 g/mol. The van der Waals surface area contributed by atoms with Crippen molar-refractivity contribution >= 4 is 23.4 Å². The van der Waals surface area contributed by atoms with Crippen molar-refractivity contribution in [1.29, 1.82) is 0 Å². The number of primary amides is 1. The highest BCUT2D eigenvalue weighted by molar-refractivity contribution is 5.91. The number of carbonyl (C=O) groups excluding carboxylic acids is 3. The van der Waals surface area contributed by atoms with E-state index in [4.69, 9.17) is 5.73 Å². The quantitative estimate of drug-likeness (QED) is 0.636. The van der Waals surface area contributed by atoms with Crippen molar-refractivity contribution < 1.29 is 19.3 Å². The highest BCUT2D eigenvalue weighted by Crippen LogP contribution is 2.16. The van der Waals surface area contributed by atoms with Crippen LogP contribution in [0.1, 0.15) is 24.8 Å². The van der Waals surface area contributed by atoms with Gasteiger partial charge in [0.25, 0.3) is 11.8 Å². The number of nitrogens with zero attached hydrogens (tertiary/aromatic N) is 1. The van der Waals surface area contributed by atoms with E-state index in [1.165, 1.54) is 0 Å². The first-order valence-electron chi connectivity index (χ1n) is 8.63. The third-order valence-electron chi connectivity index (χ3n) is 4.40.